The molecule has 4 N–H and O–H groups in total. The molecule has 2 heteroatoms. The maximum atomic E-state index is 5.27. The van der Waals surface area contributed by atoms with Crippen LogP contribution in [0.5, 0.6) is 0 Å². The molecule has 0 saturated carbocycles. The summed E-state index contributed by atoms with van der Waals surface area (Å²) in [5, 5.41) is 0. The van der Waals surface area contributed by atoms with Crippen LogP contribution in [0.15, 0.2) is 0 Å². The number of nitrogens with two attached hydrogens (primary N) is 2. The number of hydrogen-bond donors (Lipinski definition) is 2. The van der Waals surface area contributed by atoms with Gasteiger partial charge in [0.05, 0.1) is 0 Å². The lowest BCUT2D eigenvalue weighted by Crippen LogP contribution is -2.01. The van der Waals surface area contributed by atoms with Gasteiger partial charge in [-0.3, -0.25) is 0 Å². The van der Waals surface area contributed by atoms with Crippen molar-refractivity contribution in [2.75, 3.05) is 13.1 Å². The van der Waals surface area contributed by atoms with E-state index in [1.807, 2.05) is 0 Å². The molecule has 0 aliphatic carbocycles. The van der Waals surface area contributed by atoms with Crippen LogP contribution in [-0.4, -0.2) is 13.1 Å². The van der Waals surface area contributed by atoms with E-state index in [2.05, 4.69) is 20.8 Å². The van der Waals surface area contributed by atoms with E-state index in [-0.39, 0.29) is 0 Å². The zero-order valence-corrected chi connectivity index (χ0v) is 9.68. The summed E-state index contributed by atoms with van der Waals surface area (Å²) in [6.07, 6.45) is 6.32. The van der Waals surface area contributed by atoms with Crippen LogP contribution in [0.1, 0.15) is 52.9 Å². The minimum atomic E-state index is 0.773. The first kappa shape index (κ1) is 15.4. The van der Waals surface area contributed by atoms with Crippen LogP contribution in [0.4, 0.5) is 0 Å². The fraction of sp³-hybridized carbons (Fsp3) is 1.00. The predicted molar refractivity (Wildman–Crippen MR) is 61.7 cm³/mol. The van der Waals surface area contributed by atoms with Crippen LogP contribution in [0.2, 0.25) is 0 Å². The van der Waals surface area contributed by atoms with Crippen molar-refractivity contribution >= 4 is 0 Å². The van der Waals surface area contributed by atoms with Crippen LogP contribution in [0.25, 0.3) is 0 Å². The Morgan fingerprint density at radius 1 is 0.923 bits per heavy atom. The summed E-state index contributed by atoms with van der Waals surface area (Å²) in [4.78, 5) is 0. The van der Waals surface area contributed by atoms with Crippen LogP contribution in [0, 0.1) is 5.92 Å². The zero-order valence-electron chi connectivity index (χ0n) is 9.68. The summed E-state index contributed by atoms with van der Waals surface area (Å²) < 4.78 is 0. The van der Waals surface area contributed by atoms with Crippen molar-refractivity contribution in [3.63, 3.8) is 0 Å². The van der Waals surface area contributed by atoms with Gasteiger partial charge in [-0.2, -0.15) is 0 Å². The molecule has 0 aromatic heterocycles. The predicted octanol–water partition coefficient (Wildman–Crippen LogP) is 2.52. The summed E-state index contributed by atoms with van der Waals surface area (Å²) in [7, 11) is 0. The second-order valence-corrected chi connectivity index (χ2v) is 3.82. The molecule has 0 bridgehead atoms. The number of unbranched alkanes of at least 4 members (excludes halogenated alkanes) is 3. The van der Waals surface area contributed by atoms with Crippen LogP contribution in [-0.2, 0) is 0 Å². The third-order valence-corrected chi connectivity index (χ3v) is 1.80. The van der Waals surface area contributed by atoms with Gasteiger partial charge < -0.3 is 11.5 Å². The van der Waals surface area contributed by atoms with Gasteiger partial charge in [0.15, 0.2) is 0 Å². The molecular weight excluding hydrogens is 160 g/mol. The highest BCUT2D eigenvalue weighted by Gasteiger charge is 1.85. The van der Waals surface area contributed by atoms with Gasteiger partial charge in [-0.15, -0.1) is 0 Å². The molecule has 0 aromatic rings. The van der Waals surface area contributed by atoms with E-state index in [1.54, 1.807) is 0 Å². The Morgan fingerprint density at radius 2 is 1.54 bits per heavy atom. The average molecular weight is 188 g/mol. The molecule has 0 unspecified atom stereocenters. The highest BCUT2D eigenvalue weighted by molar-refractivity contribution is 4.42. The Hall–Kier alpha value is -0.0800. The Labute approximate surface area is 84.1 Å². The first-order valence-corrected chi connectivity index (χ1v) is 5.59. The molecular formula is C11H28N2. The van der Waals surface area contributed by atoms with Gasteiger partial charge in [0, 0.05) is 0 Å². The fourth-order valence-electron chi connectivity index (χ4n) is 0.904. The summed E-state index contributed by atoms with van der Waals surface area (Å²) in [6.45, 7) is 8.24. The number of rotatable bonds is 6. The lowest BCUT2D eigenvalue weighted by molar-refractivity contribution is 0.596. The average Bonchev–Trinajstić information content (AvgIpc) is 2.06. The van der Waals surface area contributed by atoms with E-state index in [0.29, 0.717) is 0 Å². The second kappa shape index (κ2) is 14.4. The van der Waals surface area contributed by atoms with E-state index >= 15 is 0 Å². The van der Waals surface area contributed by atoms with Crippen molar-refractivity contribution in [2.45, 2.75) is 52.9 Å². The lowest BCUT2D eigenvalue weighted by Gasteiger charge is -1.96. The van der Waals surface area contributed by atoms with Gasteiger partial charge in [-0.1, -0.05) is 40.0 Å². The van der Waals surface area contributed by atoms with E-state index in [0.717, 1.165) is 25.4 Å². The molecule has 0 amide bonds. The topological polar surface area (TPSA) is 52.0 Å². The van der Waals surface area contributed by atoms with Gasteiger partial charge >= 0.3 is 0 Å². The summed E-state index contributed by atoms with van der Waals surface area (Å²) in [5.74, 6) is 0.773. The van der Waals surface area contributed by atoms with E-state index in [9.17, 15) is 0 Å². The standard InChI is InChI=1S/C6H15N.C5H13N/c1-2-3-4-5-6-7;1-5(2)3-4-6/h2-7H2,1H3;5H,3-4,6H2,1-2H3. The molecule has 82 valence electrons. The molecule has 0 heterocycles. The minimum absolute atomic E-state index is 0.773. The maximum Gasteiger partial charge on any atom is -0.00748 e. The fourth-order valence-corrected chi connectivity index (χ4v) is 0.904. The minimum Gasteiger partial charge on any atom is -0.330 e. The molecule has 0 aliphatic rings. The summed E-state index contributed by atoms with van der Waals surface area (Å²) in [5.41, 5.74) is 10.5. The normalized spacial score (nSPS) is 9.69. The smallest absolute Gasteiger partial charge is 0.00748 e. The van der Waals surface area contributed by atoms with E-state index in [4.69, 9.17) is 11.5 Å². The molecule has 0 rings (SSSR count). The number of hydrogen-bond acceptors (Lipinski definition) is 2. The highest BCUT2D eigenvalue weighted by Crippen LogP contribution is 1.95. The first-order valence-electron chi connectivity index (χ1n) is 5.59. The monoisotopic (exact) mass is 188 g/mol. The molecule has 0 spiro atoms. The van der Waals surface area contributed by atoms with Gasteiger partial charge in [0.1, 0.15) is 0 Å². The van der Waals surface area contributed by atoms with Crippen LogP contribution in [0.3, 0.4) is 0 Å². The first-order chi connectivity index (χ1) is 6.18. The molecule has 0 atom stereocenters. The Bertz CT molecular complexity index is 68.5. The van der Waals surface area contributed by atoms with Crippen LogP contribution >= 0.6 is 0 Å². The zero-order chi connectivity index (χ0) is 10.5. The molecule has 0 aliphatic heterocycles. The quantitative estimate of drug-likeness (QED) is 0.629. The maximum absolute atomic E-state index is 5.27. The summed E-state index contributed by atoms with van der Waals surface area (Å²) in [6, 6.07) is 0. The van der Waals surface area contributed by atoms with Gasteiger partial charge in [0.2, 0.25) is 0 Å². The van der Waals surface area contributed by atoms with Crippen molar-refractivity contribution in [3.8, 4) is 0 Å². The van der Waals surface area contributed by atoms with Crippen molar-refractivity contribution in [1.29, 1.82) is 0 Å². The Kier molecular flexibility index (Phi) is 17.1. The van der Waals surface area contributed by atoms with E-state index < -0.39 is 0 Å². The molecule has 2 nitrogen and oxygen atoms in total. The van der Waals surface area contributed by atoms with Gasteiger partial charge in [0.25, 0.3) is 0 Å². The molecule has 0 radical (unpaired) electrons. The molecule has 0 aromatic carbocycles. The lowest BCUT2D eigenvalue weighted by atomic mass is 10.1. The van der Waals surface area contributed by atoms with E-state index in [1.165, 1.54) is 25.7 Å². The third kappa shape index (κ3) is 24.5. The van der Waals surface area contributed by atoms with Crippen LogP contribution < -0.4 is 11.5 Å². The Morgan fingerprint density at radius 3 is 1.77 bits per heavy atom. The Balaban J connectivity index is 0. The van der Waals surface area contributed by atoms with Gasteiger partial charge in [-0.05, 0) is 31.8 Å². The SMILES string of the molecule is CC(C)CCN.CCCCCCN. The van der Waals surface area contributed by atoms with Crippen molar-refractivity contribution in [1.82, 2.24) is 0 Å². The highest BCUT2D eigenvalue weighted by atomic mass is 14.5. The van der Waals surface area contributed by atoms with Crippen molar-refractivity contribution in [3.05, 3.63) is 0 Å². The molecule has 0 saturated heterocycles. The van der Waals surface area contributed by atoms with Gasteiger partial charge in [-0.25, -0.2) is 0 Å². The largest absolute Gasteiger partial charge is 0.330 e. The molecule has 13 heavy (non-hydrogen) atoms. The summed E-state index contributed by atoms with van der Waals surface area (Å²) >= 11 is 0. The van der Waals surface area contributed by atoms with Crippen molar-refractivity contribution in [2.24, 2.45) is 17.4 Å². The molecule has 0 fully saturated rings. The second-order valence-electron chi connectivity index (χ2n) is 3.82. The van der Waals surface area contributed by atoms with Crippen molar-refractivity contribution < 1.29 is 0 Å². The third-order valence-electron chi connectivity index (χ3n) is 1.80.